The highest BCUT2D eigenvalue weighted by Gasteiger charge is 2.35. The number of aromatic nitrogens is 4. The van der Waals surface area contributed by atoms with Crippen LogP contribution < -0.4 is 5.32 Å². The quantitative estimate of drug-likeness (QED) is 0.465. The lowest BCUT2D eigenvalue weighted by Crippen LogP contribution is -2.41. The molecule has 1 fully saturated rings. The number of aryl methyl sites for hydroxylation is 1. The summed E-state index contributed by atoms with van der Waals surface area (Å²) >= 11 is 6.00. The Bertz CT molecular complexity index is 1160. The van der Waals surface area contributed by atoms with Crippen molar-refractivity contribution in [3.63, 3.8) is 0 Å². The highest BCUT2D eigenvalue weighted by molar-refractivity contribution is 6.30. The highest BCUT2D eigenvalue weighted by Crippen LogP contribution is 2.33. The summed E-state index contributed by atoms with van der Waals surface area (Å²) in [7, 11) is 0. The molecule has 7 nitrogen and oxygen atoms in total. The maximum Gasteiger partial charge on any atom is 0.433 e. The number of hydrogen-bond acceptors (Lipinski definition) is 4. The second-order valence-corrected chi connectivity index (χ2v) is 8.99. The van der Waals surface area contributed by atoms with Gasteiger partial charge in [-0.15, -0.1) is 10.2 Å². The van der Waals surface area contributed by atoms with Crippen molar-refractivity contribution in [2.45, 2.75) is 57.9 Å². The number of likely N-dealkylation sites (tertiary alicyclic amines) is 1. The van der Waals surface area contributed by atoms with E-state index in [0.717, 1.165) is 30.3 Å². The van der Waals surface area contributed by atoms with Crippen molar-refractivity contribution in [2.75, 3.05) is 6.54 Å². The summed E-state index contributed by atoms with van der Waals surface area (Å²) in [6, 6.07) is 8.81. The summed E-state index contributed by atoms with van der Waals surface area (Å²) in [6.07, 6.45) is -1.28. The molecule has 0 saturated carbocycles. The van der Waals surface area contributed by atoms with E-state index in [1.807, 2.05) is 42.7 Å². The molecule has 1 aliphatic heterocycles. The maximum atomic E-state index is 13.3. The first kappa shape index (κ1) is 25.0. The summed E-state index contributed by atoms with van der Waals surface area (Å²) in [5, 5.41) is 12.2. The molecule has 0 aliphatic carbocycles. The van der Waals surface area contributed by atoms with E-state index in [2.05, 4.69) is 20.5 Å². The van der Waals surface area contributed by atoms with Crippen LogP contribution in [-0.4, -0.2) is 37.2 Å². The van der Waals surface area contributed by atoms with Crippen LogP contribution in [0.5, 0.6) is 0 Å². The van der Waals surface area contributed by atoms with E-state index in [9.17, 15) is 18.0 Å². The summed E-state index contributed by atoms with van der Waals surface area (Å²) in [5.74, 6) is 1.44. The summed E-state index contributed by atoms with van der Waals surface area (Å²) in [4.78, 5) is 18.5. The van der Waals surface area contributed by atoms with E-state index in [-0.39, 0.29) is 12.1 Å². The van der Waals surface area contributed by atoms with Gasteiger partial charge >= 0.3 is 12.2 Å². The minimum absolute atomic E-state index is 0.258. The Hall–Kier alpha value is -3.14. The predicted molar refractivity (Wildman–Crippen MR) is 125 cm³/mol. The Kier molecular flexibility index (Phi) is 7.30. The van der Waals surface area contributed by atoms with E-state index in [1.165, 1.54) is 12.3 Å². The third kappa shape index (κ3) is 5.58. The van der Waals surface area contributed by atoms with Gasteiger partial charge in [0.2, 0.25) is 0 Å². The van der Waals surface area contributed by atoms with Crippen molar-refractivity contribution in [1.29, 1.82) is 0 Å². The zero-order chi connectivity index (χ0) is 25.2. The maximum absolute atomic E-state index is 13.3. The number of carbonyl (C=O) groups excluding carboxylic acids is 1. The molecule has 2 amide bonds. The number of nitrogens with zero attached hydrogens (tertiary/aromatic N) is 5. The zero-order valence-corrected chi connectivity index (χ0v) is 20.1. The van der Waals surface area contributed by atoms with Crippen LogP contribution in [-0.2, 0) is 12.7 Å². The number of hydrogen-bond donors (Lipinski definition) is 1. The van der Waals surface area contributed by atoms with Crippen molar-refractivity contribution in [2.24, 2.45) is 0 Å². The number of benzene rings is 1. The molecule has 3 aromatic rings. The number of amides is 2. The molecule has 3 heterocycles. The second-order valence-electron chi connectivity index (χ2n) is 8.55. The zero-order valence-electron chi connectivity index (χ0n) is 19.4. The number of nitrogens with one attached hydrogen (secondary N) is 1. The van der Waals surface area contributed by atoms with Crippen LogP contribution in [0.15, 0.2) is 42.6 Å². The normalized spacial score (nSPS) is 17.0. The summed E-state index contributed by atoms with van der Waals surface area (Å²) in [5.41, 5.74) is 0.595. The fourth-order valence-corrected chi connectivity index (χ4v) is 4.45. The number of pyridine rings is 1. The fraction of sp³-hybridized carbons (Fsp3) is 0.417. The SMILES string of the molecule is CC[C@@H](NC(=O)N1CCC[C@@H]1c1nnc(C)n1Cc1ccc(Cl)cc1)c1ccc(C(F)(F)F)nc1. The Balaban J connectivity index is 1.51. The average molecular weight is 507 g/mol. The predicted octanol–water partition coefficient (Wildman–Crippen LogP) is 5.70. The molecule has 4 rings (SSSR count). The summed E-state index contributed by atoms with van der Waals surface area (Å²) in [6.45, 7) is 4.82. The molecule has 1 saturated heterocycles. The first-order valence-corrected chi connectivity index (χ1v) is 11.8. The van der Waals surface area contributed by atoms with Crippen LogP contribution in [0.3, 0.4) is 0 Å². The molecular weight excluding hydrogens is 481 g/mol. The minimum Gasteiger partial charge on any atom is -0.331 e. The molecule has 1 aliphatic rings. The van der Waals surface area contributed by atoms with Crippen molar-refractivity contribution in [3.8, 4) is 0 Å². The van der Waals surface area contributed by atoms with Gasteiger partial charge < -0.3 is 14.8 Å². The number of halogens is 4. The molecule has 2 atom stereocenters. The minimum atomic E-state index is -4.51. The van der Waals surface area contributed by atoms with Crippen LogP contribution in [0.1, 0.15) is 66.7 Å². The number of urea groups is 1. The van der Waals surface area contributed by atoms with Gasteiger partial charge in [-0.25, -0.2) is 4.79 Å². The third-order valence-corrected chi connectivity index (χ3v) is 6.47. The standard InChI is InChI=1S/C24H26ClF3N6O/c1-3-19(17-8-11-21(29-13-17)24(26,27)28)30-23(35)33-12-4-5-20(33)22-32-31-15(2)34(22)14-16-6-9-18(25)10-7-16/h6-11,13,19-20H,3-5,12,14H2,1-2H3,(H,30,35)/t19-,20-/m1/s1. The van der Waals surface area contributed by atoms with Gasteiger partial charge in [0.15, 0.2) is 5.82 Å². The highest BCUT2D eigenvalue weighted by atomic mass is 35.5. The third-order valence-electron chi connectivity index (χ3n) is 6.22. The van der Waals surface area contributed by atoms with Crippen LogP contribution in [0.2, 0.25) is 5.02 Å². The molecule has 11 heteroatoms. The Morgan fingerprint density at radius 2 is 1.94 bits per heavy atom. The van der Waals surface area contributed by atoms with E-state index in [4.69, 9.17) is 11.6 Å². The molecule has 0 bridgehead atoms. The van der Waals surface area contributed by atoms with E-state index in [1.54, 1.807) is 4.90 Å². The number of carbonyl (C=O) groups is 1. The van der Waals surface area contributed by atoms with E-state index < -0.39 is 17.9 Å². The van der Waals surface area contributed by atoms with Crippen LogP contribution in [0.25, 0.3) is 0 Å². The van der Waals surface area contributed by atoms with Crippen molar-refractivity contribution < 1.29 is 18.0 Å². The van der Waals surface area contributed by atoms with Gasteiger partial charge in [0, 0.05) is 17.8 Å². The Morgan fingerprint density at radius 3 is 2.57 bits per heavy atom. The number of alkyl halides is 3. The molecule has 1 N–H and O–H groups in total. The topological polar surface area (TPSA) is 75.9 Å². The lowest BCUT2D eigenvalue weighted by Gasteiger charge is -2.27. The molecule has 0 spiro atoms. The smallest absolute Gasteiger partial charge is 0.331 e. The van der Waals surface area contributed by atoms with Gasteiger partial charge in [-0.3, -0.25) is 4.98 Å². The summed E-state index contributed by atoms with van der Waals surface area (Å²) < 4.78 is 40.6. The molecule has 1 aromatic carbocycles. The van der Waals surface area contributed by atoms with Gasteiger partial charge in [0.1, 0.15) is 11.5 Å². The molecule has 35 heavy (non-hydrogen) atoms. The van der Waals surface area contributed by atoms with Crippen LogP contribution >= 0.6 is 11.6 Å². The first-order valence-electron chi connectivity index (χ1n) is 11.4. The van der Waals surface area contributed by atoms with Gasteiger partial charge in [-0.1, -0.05) is 36.7 Å². The van der Waals surface area contributed by atoms with Gasteiger partial charge in [-0.2, -0.15) is 13.2 Å². The molecular formula is C24H26ClF3N6O. The monoisotopic (exact) mass is 506 g/mol. The van der Waals surface area contributed by atoms with E-state index in [0.29, 0.717) is 35.9 Å². The van der Waals surface area contributed by atoms with E-state index >= 15 is 0 Å². The van der Waals surface area contributed by atoms with Crippen molar-refractivity contribution in [1.82, 2.24) is 30.0 Å². The lowest BCUT2D eigenvalue weighted by molar-refractivity contribution is -0.141. The Labute approximate surface area is 206 Å². The largest absolute Gasteiger partial charge is 0.433 e. The Morgan fingerprint density at radius 1 is 1.20 bits per heavy atom. The molecule has 0 unspecified atom stereocenters. The lowest BCUT2D eigenvalue weighted by atomic mass is 10.1. The first-order chi connectivity index (χ1) is 16.7. The number of rotatable bonds is 6. The van der Waals surface area contributed by atoms with Gasteiger partial charge in [0.05, 0.1) is 18.6 Å². The van der Waals surface area contributed by atoms with Gasteiger partial charge in [-0.05, 0) is 55.5 Å². The average Bonchev–Trinajstić information content (AvgIpc) is 3.45. The van der Waals surface area contributed by atoms with Crippen molar-refractivity contribution in [3.05, 3.63) is 76.1 Å². The molecule has 186 valence electrons. The van der Waals surface area contributed by atoms with Crippen LogP contribution in [0, 0.1) is 6.92 Å². The molecule has 0 radical (unpaired) electrons. The van der Waals surface area contributed by atoms with Crippen LogP contribution in [0.4, 0.5) is 18.0 Å². The molecule has 2 aromatic heterocycles. The van der Waals surface area contributed by atoms with Gasteiger partial charge in [0.25, 0.3) is 0 Å². The van der Waals surface area contributed by atoms with Crippen molar-refractivity contribution >= 4 is 17.6 Å². The fourth-order valence-electron chi connectivity index (χ4n) is 4.32. The second kappa shape index (κ2) is 10.2.